The van der Waals surface area contributed by atoms with E-state index in [0.717, 1.165) is 6.54 Å². The maximum atomic E-state index is 11.9. The number of anilines is 1. The van der Waals surface area contributed by atoms with E-state index in [1.165, 1.54) is 7.11 Å². The van der Waals surface area contributed by atoms with Crippen molar-refractivity contribution < 1.29 is 14.3 Å². The van der Waals surface area contributed by atoms with Crippen LogP contribution in [0.3, 0.4) is 0 Å². The van der Waals surface area contributed by atoms with Crippen LogP contribution in [0.2, 0.25) is 5.02 Å². The number of rotatable bonds is 4. The number of hydrogen-bond donors (Lipinski definition) is 2. The number of ether oxygens (including phenoxy) is 2. The largest absolute Gasteiger partial charge is 0.495 e. The molecule has 1 atom stereocenters. The van der Waals surface area contributed by atoms with Crippen molar-refractivity contribution in [2.45, 2.75) is 12.5 Å². The number of morpholine rings is 1. The number of nitrogens with one attached hydrogen (secondary N) is 2. The van der Waals surface area contributed by atoms with Crippen LogP contribution in [0, 0.1) is 0 Å². The maximum Gasteiger partial charge on any atom is 0.226 e. The normalized spacial score (nSPS) is 18.0. The summed E-state index contributed by atoms with van der Waals surface area (Å²) in [5.74, 6) is 0.478. The number of hydrogen-bond acceptors (Lipinski definition) is 4. The minimum Gasteiger partial charge on any atom is -0.495 e. The second-order valence-corrected chi connectivity index (χ2v) is 4.73. The summed E-state index contributed by atoms with van der Waals surface area (Å²) in [6.45, 7) is 2.05. The van der Waals surface area contributed by atoms with E-state index >= 15 is 0 Å². The molecule has 1 aliphatic rings. The number of amides is 1. The Hall–Kier alpha value is -1.01. The van der Waals surface area contributed by atoms with Crippen LogP contribution in [0.25, 0.3) is 0 Å². The van der Waals surface area contributed by atoms with Gasteiger partial charge in [-0.3, -0.25) is 4.79 Å². The summed E-state index contributed by atoms with van der Waals surface area (Å²) in [6, 6.07) is 5.21. The fourth-order valence-electron chi connectivity index (χ4n) is 1.92. The van der Waals surface area contributed by atoms with E-state index in [4.69, 9.17) is 21.1 Å². The topological polar surface area (TPSA) is 59.6 Å². The molecule has 20 heavy (non-hydrogen) atoms. The van der Waals surface area contributed by atoms with Crippen molar-refractivity contribution in [3.63, 3.8) is 0 Å². The van der Waals surface area contributed by atoms with E-state index in [0.29, 0.717) is 36.1 Å². The van der Waals surface area contributed by atoms with Crippen molar-refractivity contribution in [3.05, 3.63) is 23.2 Å². The van der Waals surface area contributed by atoms with Crippen LogP contribution in [0.15, 0.2) is 18.2 Å². The van der Waals surface area contributed by atoms with E-state index in [1.54, 1.807) is 18.2 Å². The van der Waals surface area contributed by atoms with Gasteiger partial charge in [-0.15, -0.1) is 12.4 Å². The molecule has 7 heteroatoms. The zero-order valence-electron chi connectivity index (χ0n) is 11.1. The van der Waals surface area contributed by atoms with E-state index in [9.17, 15) is 4.79 Å². The lowest BCUT2D eigenvalue weighted by Gasteiger charge is -2.23. The number of methoxy groups -OCH3 is 1. The van der Waals surface area contributed by atoms with Gasteiger partial charge >= 0.3 is 0 Å². The first-order chi connectivity index (χ1) is 9.19. The Balaban J connectivity index is 0.00000200. The highest BCUT2D eigenvalue weighted by atomic mass is 35.5. The Labute approximate surface area is 129 Å². The Kier molecular flexibility index (Phi) is 7.09. The molecule has 0 radical (unpaired) electrons. The van der Waals surface area contributed by atoms with Gasteiger partial charge in [-0.25, -0.2) is 0 Å². The maximum absolute atomic E-state index is 11.9. The highest BCUT2D eigenvalue weighted by molar-refractivity contribution is 6.32. The molecule has 0 saturated carbocycles. The quantitative estimate of drug-likeness (QED) is 0.891. The van der Waals surface area contributed by atoms with E-state index < -0.39 is 0 Å². The van der Waals surface area contributed by atoms with Gasteiger partial charge in [-0.1, -0.05) is 11.6 Å². The first kappa shape index (κ1) is 17.0. The molecule has 0 spiro atoms. The molecule has 1 heterocycles. The Bertz CT molecular complexity index is 451. The van der Waals surface area contributed by atoms with Crippen molar-refractivity contribution in [1.29, 1.82) is 0 Å². The van der Waals surface area contributed by atoms with E-state index in [2.05, 4.69) is 10.6 Å². The van der Waals surface area contributed by atoms with Crippen molar-refractivity contribution in [3.8, 4) is 5.75 Å². The van der Waals surface area contributed by atoms with Gasteiger partial charge in [0.2, 0.25) is 5.91 Å². The van der Waals surface area contributed by atoms with Crippen LogP contribution >= 0.6 is 24.0 Å². The molecular weight excluding hydrogens is 303 g/mol. The smallest absolute Gasteiger partial charge is 0.226 e. The molecule has 0 bridgehead atoms. The standard InChI is InChI=1S/C13H17ClN2O3.ClH/c1-18-12-6-9(2-3-11(12)14)16-13(17)7-10-8-19-5-4-15-10;/h2-3,6,10,15H,4-5,7-8H2,1H3,(H,16,17);1H. The summed E-state index contributed by atoms with van der Waals surface area (Å²) in [7, 11) is 1.54. The van der Waals surface area contributed by atoms with Crippen LogP contribution in [0.4, 0.5) is 5.69 Å². The number of carbonyl (C=O) groups is 1. The van der Waals surface area contributed by atoms with Crippen LogP contribution in [0.5, 0.6) is 5.75 Å². The molecule has 112 valence electrons. The van der Waals surface area contributed by atoms with Gasteiger partial charge in [0.25, 0.3) is 0 Å². The van der Waals surface area contributed by atoms with Gasteiger partial charge in [-0.05, 0) is 12.1 Å². The molecule has 1 aromatic carbocycles. The Morgan fingerprint density at radius 3 is 3.05 bits per heavy atom. The summed E-state index contributed by atoms with van der Waals surface area (Å²) in [5.41, 5.74) is 0.669. The van der Waals surface area contributed by atoms with E-state index in [1.807, 2.05) is 0 Å². The van der Waals surface area contributed by atoms with Crippen LogP contribution < -0.4 is 15.4 Å². The predicted octanol–water partition coefficient (Wildman–Crippen LogP) is 2.09. The van der Waals surface area contributed by atoms with Gasteiger partial charge < -0.3 is 20.1 Å². The second kappa shape index (κ2) is 8.32. The SMILES string of the molecule is COc1cc(NC(=O)CC2COCCN2)ccc1Cl.Cl. The second-order valence-electron chi connectivity index (χ2n) is 4.33. The molecule has 1 aliphatic heterocycles. The molecule has 1 fully saturated rings. The zero-order chi connectivity index (χ0) is 13.7. The number of benzene rings is 1. The van der Waals surface area contributed by atoms with Crippen molar-refractivity contribution in [1.82, 2.24) is 5.32 Å². The number of carbonyl (C=O) groups excluding carboxylic acids is 1. The average molecular weight is 321 g/mol. The summed E-state index contributed by atoms with van der Waals surface area (Å²) in [6.07, 6.45) is 0.380. The molecule has 1 amide bonds. The molecule has 2 N–H and O–H groups in total. The summed E-state index contributed by atoms with van der Waals surface area (Å²) in [5, 5.41) is 6.57. The highest BCUT2D eigenvalue weighted by Gasteiger charge is 2.17. The lowest BCUT2D eigenvalue weighted by molar-refractivity contribution is -0.117. The monoisotopic (exact) mass is 320 g/mol. The van der Waals surface area contributed by atoms with Gasteiger partial charge in [0.1, 0.15) is 5.75 Å². The van der Waals surface area contributed by atoms with Crippen molar-refractivity contribution in [2.75, 3.05) is 32.2 Å². The Morgan fingerprint density at radius 1 is 1.60 bits per heavy atom. The first-order valence-electron chi connectivity index (χ1n) is 6.13. The number of halogens is 2. The molecule has 1 aromatic rings. The molecule has 0 aromatic heterocycles. The van der Waals surface area contributed by atoms with Gasteiger partial charge in [-0.2, -0.15) is 0 Å². The average Bonchev–Trinajstić information content (AvgIpc) is 2.42. The predicted molar refractivity (Wildman–Crippen MR) is 81.1 cm³/mol. The van der Waals surface area contributed by atoms with Gasteiger partial charge in [0.15, 0.2) is 0 Å². The molecular formula is C13H18Cl2N2O3. The summed E-state index contributed by atoms with van der Waals surface area (Å²) in [4.78, 5) is 11.9. The third kappa shape index (κ3) is 4.83. The van der Waals surface area contributed by atoms with Gasteiger partial charge in [0, 0.05) is 30.8 Å². The molecule has 1 saturated heterocycles. The van der Waals surface area contributed by atoms with Crippen molar-refractivity contribution in [2.24, 2.45) is 0 Å². The third-order valence-electron chi connectivity index (χ3n) is 2.87. The first-order valence-corrected chi connectivity index (χ1v) is 6.51. The minimum atomic E-state index is -0.0626. The molecule has 2 rings (SSSR count). The minimum absolute atomic E-state index is 0. The third-order valence-corrected chi connectivity index (χ3v) is 3.18. The molecule has 1 unspecified atom stereocenters. The fraction of sp³-hybridized carbons (Fsp3) is 0.462. The van der Waals surface area contributed by atoms with Gasteiger partial charge in [0.05, 0.1) is 25.3 Å². The van der Waals surface area contributed by atoms with E-state index in [-0.39, 0.29) is 24.4 Å². The van der Waals surface area contributed by atoms with Crippen LogP contribution in [-0.2, 0) is 9.53 Å². The van der Waals surface area contributed by atoms with Crippen LogP contribution in [0.1, 0.15) is 6.42 Å². The summed E-state index contributed by atoms with van der Waals surface area (Å²) >= 11 is 5.92. The lowest BCUT2D eigenvalue weighted by atomic mass is 10.2. The highest BCUT2D eigenvalue weighted by Crippen LogP contribution is 2.27. The fourth-order valence-corrected chi connectivity index (χ4v) is 2.12. The molecule has 5 nitrogen and oxygen atoms in total. The Morgan fingerprint density at radius 2 is 2.40 bits per heavy atom. The van der Waals surface area contributed by atoms with Crippen LogP contribution in [-0.4, -0.2) is 38.8 Å². The summed E-state index contributed by atoms with van der Waals surface area (Å²) < 4.78 is 10.4. The van der Waals surface area contributed by atoms with Crippen molar-refractivity contribution >= 4 is 35.6 Å². The zero-order valence-corrected chi connectivity index (χ0v) is 12.7. The lowest BCUT2D eigenvalue weighted by Crippen LogP contribution is -2.43. The molecule has 0 aliphatic carbocycles.